The van der Waals surface area contributed by atoms with Crippen LogP contribution >= 0.6 is 11.8 Å². The van der Waals surface area contributed by atoms with Crippen LogP contribution in [0, 0.1) is 13.8 Å². The van der Waals surface area contributed by atoms with Crippen LogP contribution in [0.15, 0.2) is 45.2 Å². The maximum atomic E-state index is 12.0. The third-order valence-electron chi connectivity index (χ3n) is 3.22. The van der Waals surface area contributed by atoms with E-state index in [9.17, 15) is 9.59 Å². The van der Waals surface area contributed by atoms with Crippen molar-refractivity contribution < 1.29 is 9.59 Å². The molecule has 3 rings (SSSR count). The Morgan fingerprint density at radius 1 is 1.30 bits per heavy atom. The summed E-state index contributed by atoms with van der Waals surface area (Å²) in [4.78, 5) is 28.1. The number of carbonyl (C=O) groups excluding carboxylic acids is 2. The van der Waals surface area contributed by atoms with E-state index in [0.717, 1.165) is 28.6 Å². The van der Waals surface area contributed by atoms with Gasteiger partial charge in [0.15, 0.2) is 11.3 Å². The van der Waals surface area contributed by atoms with Crippen LogP contribution in [-0.2, 0) is 9.59 Å². The summed E-state index contributed by atoms with van der Waals surface area (Å²) in [5.41, 5.74) is 3.36. The molecular weight excluding hydrogens is 314 g/mol. The molecule has 2 N–H and O–H groups in total. The zero-order valence-electron chi connectivity index (χ0n) is 12.7. The normalized spacial score (nSPS) is 18.9. The van der Waals surface area contributed by atoms with Gasteiger partial charge < -0.3 is 10.6 Å². The number of aliphatic imine (C=N–C) groups is 1. The number of nitrogens with one attached hydrogen (secondary N) is 2. The van der Waals surface area contributed by atoms with Gasteiger partial charge in [0.2, 0.25) is 5.91 Å². The molecule has 0 saturated heterocycles. The topological polar surface area (TPSA) is 95.3 Å². The number of amides is 2. The molecule has 2 amide bonds. The number of azo groups is 1. The lowest BCUT2D eigenvalue weighted by atomic mass is 10.1. The van der Waals surface area contributed by atoms with E-state index >= 15 is 0 Å². The van der Waals surface area contributed by atoms with Crippen LogP contribution in [0.5, 0.6) is 0 Å². The first kappa shape index (κ1) is 15.4. The number of thioether (sulfide) groups is 1. The van der Waals surface area contributed by atoms with E-state index in [1.807, 2.05) is 32.0 Å². The Hall–Kier alpha value is -2.48. The van der Waals surface area contributed by atoms with Crippen LogP contribution in [0.25, 0.3) is 0 Å². The quantitative estimate of drug-likeness (QED) is 0.889. The number of hydrogen-bond acceptors (Lipinski definition) is 6. The molecule has 0 aliphatic carbocycles. The van der Waals surface area contributed by atoms with E-state index in [0.29, 0.717) is 10.7 Å². The predicted molar refractivity (Wildman–Crippen MR) is 89.3 cm³/mol. The third kappa shape index (κ3) is 3.65. The zero-order valence-corrected chi connectivity index (χ0v) is 13.5. The van der Waals surface area contributed by atoms with Crippen molar-refractivity contribution in [3.63, 3.8) is 0 Å². The van der Waals surface area contributed by atoms with Crippen LogP contribution in [0.4, 0.5) is 5.69 Å². The van der Waals surface area contributed by atoms with E-state index < -0.39 is 6.17 Å². The summed E-state index contributed by atoms with van der Waals surface area (Å²) in [6, 6.07) is 5.86. The summed E-state index contributed by atoms with van der Waals surface area (Å²) < 4.78 is 0. The lowest BCUT2D eigenvalue weighted by Gasteiger charge is -2.17. The Bertz CT molecular complexity index is 749. The van der Waals surface area contributed by atoms with Crippen molar-refractivity contribution in [3.8, 4) is 0 Å². The SMILES string of the molecule is Cc1cc(C)cc(NC(=O)CSC2=NC3N=NC=C3C(=O)N2)c1. The number of hydrogen-bond donors (Lipinski definition) is 2. The van der Waals surface area contributed by atoms with E-state index in [2.05, 4.69) is 25.9 Å². The molecule has 8 heteroatoms. The molecule has 0 radical (unpaired) electrons. The fraction of sp³-hybridized carbons (Fsp3) is 0.267. The van der Waals surface area contributed by atoms with Gasteiger partial charge in [-0.25, -0.2) is 4.99 Å². The van der Waals surface area contributed by atoms with Crippen LogP contribution in [-0.4, -0.2) is 28.9 Å². The highest BCUT2D eigenvalue weighted by atomic mass is 32.2. The van der Waals surface area contributed by atoms with Crippen molar-refractivity contribution in [1.29, 1.82) is 0 Å². The number of aryl methyl sites for hydroxylation is 2. The van der Waals surface area contributed by atoms with Crippen molar-refractivity contribution in [1.82, 2.24) is 5.32 Å². The fourth-order valence-electron chi connectivity index (χ4n) is 2.32. The van der Waals surface area contributed by atoms with Gasteiger partial charge in [-0.1, -0.05) is 17.8 Å². The van der Waals surface area contributed by atoms with E-state index in [1.54, 1.807) is 0 Å². The van der Waals surface area contributed by atoms with Gasteiger partial charge in [-0.05, 0) is 37.1 Å². The molecular formula is C15H15N5O2S. The van der Waals surface area contributed by atoms with Crippen LogP contribution in [0.2, 0.25) is 0 Å². The van der Waals surface area contributed by atoms with Crippen molar-refractivity contribution >= 4 is 34.4 Å². The Morgan fingerprint density at radius 2 is 2.04 bits per heavy atom. The van der Waals surface area contributed by atoms with Crippen LogP contribution in [0.3, 0.4) is 0 Å². The summed E-state index contributed by atoms with van der Waals surface area (Å²) >= 11 is 1.16. The molecule has 118 valence electrons. The number of carbonyl (C=O) groups is 2. The second kappa shape index (κ2) is 6.33. The standard InChI is InChI=1S/C15H15N5O2S/c1-8-3-9(2)5-10(4-8)17-12(21)7-23-15-18-13-11(6-16-20-13)14(22)19-15/h3-6,13H,7H2,1-2H3,(H,17,21)(H,18,19,22). The lowest BCUT2D eigenvalue weighted by Crippen LogP contribution is -2.38. The van der Waals surface area contributed by atoms with Crippen molar-refractivity contribution in [2.75, 3.05) is 11.1 Å². The second-order valence-corrected chi connectivity index (χ2v) is 6.25. The van der Waals surface area contributed by atoms with Gasteiger partial charge in [0.1, 0.15) is 0 Å². The third-order valence-corrected chi connectivity index (χ3v) is 4.11. The van der Waals surface area contributed by atoms with Gasteiger partial charge in [0, 0.05) is 5.69 Å². The van der Waals surface area contributed by atoms with Crippen molar-refractivity contribution in [3.05, 3.63) is 41.1 Å². The number of nitrogens with zero attached hydrogens (tertiary/aromatic N) is 3. The molecule has 1 aromatic rings. The maximum Gasteiger partial charge on any atom is 0.258 e. The van der Waals surface area contributed by atoms with Gasteiger partial charge in [0.25, 0.3) is 5.91 Å². The Kier molecular flexibility index (Phi) is 4.24. The molecule has 0 spiro atoms. The fourth-order valence-corrected chi connectivity index (χ4v) is 3.00. The average Bonchev–Trinajstić information content (AvgIpc) is 2.93. The molecule has 0 bridgehead atoms. The summed E-state index contributed by atoms with van der Waals surface area (Å²) in [5, 5.41) is 13.4. The van der Waals surface area contributed by atoms with E-state index in [1.165, 1.54) is 6.20 Å². The maximum absolute atomic E-state index is 12.0. The largest absolute Gasteiger partial charge is 0.325 e. The zero-order chi connectivity index (χ0) is 16.4. The van der Waals surface area contributed by atoms with Gasteiger partial charge >= 0.3 is 0 Å². The van der Waals surface area contributed by atoms with Crippen LogP contribution in [0.1, 0.15) is 11.1 Å². The number of amidine groups is 1. The molecule has 0 aromatic heterocycles. The second-order valence-electron chi connectivity index (χ2n) is 5.29. The highest BCUT2D eigenvalue weighted by molar-refractivity contribution is 8.14. The van der Waals surface area contributed by atoms with Gasteiger partial charge in [0.05, 0.1) is 17.5 Å². The molecule has 1 unspecified atom stereocenters. The first-order chi connectivity index (χ1) is 11.0. The van der Waals surface area contributed by atoms with Crippen LogP contribution < -0.4 is 10.6 Å². The highest BCUT2D eigenvalue weighted by Gasteiger charge is 2.29. The lowest BCUT2D eigenvalue weighted by molar-refractivity contribution is -0.116. The molecule has 23 heavy (non-hydrogen) atoms. The Morgan fingerprint density at radius 3 is 2.78 bits per heavy atom. The Balaban J connectivity index is 1.58. The summed E-state index contributed by atoms with van der Waals surface area (Å²) in [5.74, 6) is -0.284. The van der Waals surface area contributed by atoms with E-state index in [4.69, 9.17) is 0 Å². The number of fused-ring (bicyclic) bond motifs is 1. The number of anilines is 1. The van der Waals surface area contributed by atoms with E-state index in [-0.39, 0.29) is 17.6 Å². The summed E-state index contributed by atoms with van der Waals surface area (Å²) in [6.07, 6.45) is 0.825. The molecule has 7 nitrogen and oxygen atoms in total. The average molecular weight is 329 g/mol. The van der Waals surface area contributed by atoms with Crippen molar-refractivity contribution in [2.45, 2.75) is 20.0 Å². The molecule has 0 fully saturated rings. The molecule has 2 aliphatic heterocycles. The van der Waals surface area contributed by atoms with Gasteiger partial charge in [-0.15, -0.1) is 0 Å². The molecule has 0 saturated carbocycles. The minimum Gasteiger partial charge on any atom is -0.325 e. The van der Waals surface area contributed by atoms with Crippen molar-refractivity contribution in [2.24, 2.45) is 15.2 Å². The molecule has 1 aromatic carbocycles. The summed E-state index contributed by atoms with van der Waals surface area (Å²) in [6.45, 7) is 3.95. The minimum atomic E-state index is -0.575. The Labute approximate surface area is 137 Å². The minimum absolute atomic E-state index is 0.148. The van der Waals surface area contributed by atoms with Gasteiger partial charge in [-0.3, -0.25) is 9.59 Å². The molecule has 2 aliphatic rings. The first-order valence-electron chi connectivity index (χ1n) is 7.01. The highest BCUT2D eigenvalue weighted by Crippen LogP contribution is 2.22. The monoisotopic (exact) mass is 329 g/mol. The molecule has 2 heterocycles. The van der Waals surface area contributed by atoms with Gasteiger partial charge in [-0.2, -0.15) is 10.2 Å². The first-order valence-corrected chi connectivity index (χ1v) is 8.00. The predicted octanol–water partition coefficient (Wildman–Crippen LogP) is 2.14. The number of benzene rings is 1. The molecule has 1 atom stereocenters. The smallest absolute Gasteiger partial charge is 0.258 e. The summed E-state index contributed by atoms with van der Waals surface area (Å²) in [7, 11) is 0. The number of rotatable bonds is 3.